The zero-order chi connectivity index (χ0) is 44.0. The van der Waals surface area contributed by atoms with Crippen LogP contribution in [-0.2, 0) is 18.4 Å². The second-order valence-corrected chi connectivity index (χ2v) is 19.0. The number of rotatable bonds is 48. The molecule has 0 aliphatic rings. The molecule has 0 aliphatic heterocycles. The van der Waals surface area contributed by atoms with Crippen LogP contribution in [0.15, 0.2) is 24.3 Å². The Kier molecular flexibility index (Phi) is 45.1. The van der Waals surface area contributed by atoms with E-state index in [0.29, 0.717) is 6.42 Å². The highest BCUT2D eigenvalue weighted by molar-refractivity contribution is 7.47. The SMILES string of the molecule is CCCCCCCCCCCCCC/C=C\CCCCCCCC(O)CC(=O)NC(COP(=O)(O)OCCN)C(O)/C=C/CCCCCCCCCCCCCCCCC. The quantitative estimate of drug-likeness (QED) is 0.0230. The summed E-state index contributed by atoms with van der Waals surface area (Å²) in [6.45, 7) is 4.00. The topological polar surface area (TPSA) is 151 Å². The number of allylic oxidation sites excluding steroid dienone is 3. The minimum absolute atomic E-state index is 0.0491. The molecule has 9 nitrogen and oxygen atoms in total. The Morgan fingerprint density at radius 3 is 1.33 bits per heavy atom. The van der Waals surface area contributed by atoms with Gasteiger partial charge in [0.25, 0.3) is 0 Å². The number of nitrogens with one attached hydrogen (secondary N) is 1. The summed E-state index contributed by atoms with van der Waals surface area (Å²) in [4.78, 5) is 22.8. The monoisotopic (exact) mass is 871 g/mol. The minimum atomic E-state index is -4.40. The zero-order valence-electron chi connectivity index (χ0n) is 39.3. The number of amides is 1. The van der Waals surface area contributed by atoms with Crippen LogP contribution >= 0.6 is 7.82 Å². The number of unbranched alkanes of at least 4 members (excludes halogenated alkanes) is 32. The summed E-state index contributed by atoms with van der Waals surface area (Å²) in [5.74, 6) is -0.447. The van der Waals surface area contributed by atoms with E-state index in [9.17, 15) is 24.5 Å². The maximum Gasteiger partial charge on any atom is 0.472 e. The van der Waals surface area contributed by atoms with Crippen LogP contribution < -0.4 is 11.1 Å². The fourth-order valence-electron chi connectivity index (χ4n) is 7.70. The Labute approximate surface area is 370 Å². The molecular weight excluding hydrogens is 772 g/mol. The van der Waals surface area contributed by atoms with Gasteiger partial charge in [-0.15, -0.1) is 0 Å². The maximum atomic E-state index is 12.9. The fourth-order valence-corrected chi connectivity index (χ4v) is 8.46. The Balaban J connectivity index is 4.19. The smallest absolute Gasteiger partial charge is 0.393 e. The molecule has 0 saturated heterocycles. The second-order valence-electron chi connectivity index (χ2n) is 17.6. The molecule has 356 valence electrons. The zero-order valence-corrected chi connectivity index (χ0v) is 40.2. The molecule has 0 aromatic carbocycles. The van der Waals surface area contributed by atoms with Crippen LogP contribution in [-0.4, -0.2) is 59.0 Å². The summed E-state index contributed by atoms with van der Waals surface area (Å²) in [5, 5.41) is 24.2. The van der Waals surface area contributed by atoms with E-state index in [0.717, 1.165) is 51.4 Å². The van der Waals surface area contributed by atoms with Crippen LogP contribution in [0, 0.1) is 0 Å². The Bertz CT molecular complexity index is 1010. The number of aliphatic hydroxyl groups excluding tert-OH is 2. The number of phosphoric ester groups is 1. The van der Waals surface area contributed by atoms with Crippen LogP contribution in [0.2, 0.25) is 0 Å². The number of hydrogen-bond acceptors (Lipinski definition) is 7. The lowest BCUT2D eigenvalue weighted by atomic mass is 10.0. The van der Waals surface area contributed by atoms with Crippen molar-refractivity contribution in [3.8, 4) is 0 Å². The van der Waals surface area contributed by atoms with Crippen molar-refractivity contribution in [2.45, 2.75) is 270 Å². The lowest BCUT2D eigenvalue weighted by molar-refractivity contribution is -0.124. The number of aliphatic hydroxyl groups is 2. The highest BCUT2D eigenvalue weighted by Crippen LogP contribution is 2.43. The van der Waals surface area contributed by atoms with E-state index >= 15 is 0 Å². The highest BCUT2D eigenvalue weighted by atomic mass is 31.2. The summed E-state index contributed by atoms with van der Waals surface area (Å²) in [5.41, 5.74) is 5.38. The summed E-state index contributed by atoms with van der Waals surface area (Å²) < 4.78 is 22.2. The van der Waals surface area contributed by atoms with Crippen LogP contribution in [0.25, 0.3) is 0 Å². The molecule has 0 radical (unpaired) electrons. The largest absolute Gasteiger partial charge is 0.472 e. The molecule has 0 aromatic rings. The van der Waals surface area contributed by atoms with Gasteiger partial charge in [-0.25, -0.2) is 4.57 Å². The van der Waals surface area contributed by atoms with E-state index in [2.05, 4.69) is 31.3 Å². The van der Waals surface area contributed by atoms with Crippen molar-refractivity contribution in [3.63, 3.8) is 0 Å². The maximum absolute atomic E-state index is 12.9. The van der Waals surface area contributed by atoms with E-state index in [1.54, 1.807) is 6.08 Å². The predicted molar refractivity (Wildman–Crippen MR) is 255 cm³/mol. The van der Waals surface area contributed by atoms with Gasteiger partial charge in [0.1, 0.15) is 0 Å². The molecule has 4 unspecified atom stereocenters. The van der Waals surface area contributed by atoms with E-state index in [4.69, 9.17) is 14.8 Å². The standard InChI is InChI=1S/C50H99N2O7P/c1-3-5-7-9-11-13-15-17-19-21-22-23-24-26-27-29-31-33-35-37-39-41-47(53)45-50(55)52-48(46-59-60(56,57)58-44-43-51)49(54)42-40-38-36-34-32-30-28-25-20-18-16-14-12-10-8-6-4-2/h26-27,40,42,47-49,53-54H,3-25,28-39,41,43-46,51H2,1-2H3,(H,52,55)(H,56,57)/b27-26-,42-40+. The third-order valence-corrected chi connectivity index (χ3v) is 12.6. The normalized spacial score (nSPS) is 14.6. The van der Waals surface area contributed by atoms with Crippen LogP contribution in [0.1, 0.15) is 251 Å². The van der Waals surface area contributed by atoms with Gasteiger partial charge in [-0.2, -0.15) is 0 Å². The lowest BCUT2D eigenvalue weighted by Crippen LogP contribution is -2.46. The van der Waals surface area contributed by atoms with Crippen molar-refractivity contribution < 1.29 is 33.5 Å². The first-order chi connectivity index (χ1) is 29.3. The van der Waals surface area contributed by atoms with Gasteiger partial charge < -0.3 is 26.2 Å². The molecule has 0 rings (SSSR count). The van der Waals surface area contributed by atoms with Gasteiger partial charge in [0.2, 0.25) is 5.91 Å². The third kappa shape index (κ3) is 43.6. The molecule has 0 aliphatic carbocycles. The molecule has 0 bridgehead atoms. The number of hydrogen-bond donors (Lipinski definition) is 5. The Morgan fingerprint density at radius 1 is 0.567 bits per heavy atom. The Morgan fingerprint density at radius 2 is 0.933 bits per heavy atom. The molecule has 6 N–H and O–H groups in total. The summed E-state index contributed by atoms with van der Waals surface area (Å²) in [7, 11) is -4.40. The van der Waals surface area contributed by atoms with Gasteiger partial charge in [0.15, 0.2) is 0 Å². The van der Waals surface area contributed by atoms with Gasteiger partial charge in [-0.3, -0.25) is 13.8 Å². The van der Waals surface area contributed by atoms with Crippen LogP contribution in [0.4, 0.5) is 0 Å². The molecule has 0 fully saturated rings. The molecule has 0 heterocycles. The first-order valence-electron chi connectivity index (χ1n) is 25.5. The van der Waals surface area contributed by atoms with Crippen molar-refractivity contribution in [1.82, 2.24) is 5.32 Å². The summed E-state index contributed by atoms with van der Waals surface area (Å²) >= 11 is 0. The molecular formula is C50H99N2O7P. The lowest BCUT2D eigenvalue weighted by Gasteiger charge is -2.24. The van der Waals surface area contributed by atoms with Crippen LogP contribution in [0.5, 0.6) is 0 Å². The van der Waals surface area contributed by atoms with Gasteiger partial charge in [-0.05, 0) is 44.9 Å². The second kappa shape index (κ2) is 45.9. The number of nitrogens with two attached hydrogens (primary N) is 1. The minimum Gasteiger partial charge on any atom is -0.393 e. The average molecular weight is 871 g/mol. The molecule has 0 spiro atoms. The van der Waals surface area contributed by atoms with Crippen molar-refractivity contribution in [3.05, 3.63) is 24.3 Å². The van der Waals surface area contributed by atoms with E-state index in [1.807, 2.05) is 6.08 Å². The molecule has 1 amide bonds. The molecule has 0 saturated carbocycles. The fraction of sp³-hybridized carbons (Fsp3) is 0.900. The van der Waals surface area contributed by atoms with Crippen molar-refractivity contribution in [1.29, 1.82) is 0 Å². The van der Waals surface area contributed by atoms with Gasteiger partial charge in [0.05, 0.1) is 37.9 Å². The average Bonchev–Trinajstić information content (AvgIpc) is 3.23. The molecule has 60 heavy (non-hydrogen) atoms. The first-order valence-corrected chi connectivity index (χ1v) is 27.0. The highest BCUT2D eigenvalue weighted by Gasteiger charge is 2.27. The van der Waals surface area contributed by atoms with Gasteiger partial charge >= 0.3 is 7.82 Å². The Hall–Kier alpha value is -1.06. The number of phosphoric acid groups is 1. The summed E-state index contributed by atoms with van der Waals surface area (Å²) in [6, 6.07) is -0.984. The van der Waals surface area contributed by atoms with Crippen LogP contribution in [0.3, 0.4) is 0 Å². The molecule has 4 atom stereocenters. The first kappa shape index (κ1) is 58.9. The molecule has 0 aromatic heterocycles. The third-order valence-electron chi connectivity index (χ3n) is 11.6. The van der Waals surface area contributed by atoms with Crippen molar-refractivity contribution in [2.75, 3.05) is 19.8 Å². The van der Waals surface area contributed by atoms with E-state index in [1.165, 1.54) is 173 Å². The number of carbonyl (C=O) groups is 1. The van der Waals surface area contributed by atoms with E-state index in [-0.39, 0.29) is 19.6 Å². The van der Waals surface area contributed by atoms with Gasteiger partial charge in [0, 0.05) is 6.54 Å². The summed E-state index contributed by atoms with van der Waals surface area (Å²) in [6.07, 6.45) is 51.3. The number of carbonyl (C=O) groups excluding carboxylic acids is 1. The van der Waals surface area contributed by atoms with E-state index < -0.39 is 38.6 Å². The van der Waals surface area contributed by atoms with Crippen molar-refractivity contribution in [2.24, 2.45) is 5.73 Å². The van der Waals surface area contributed by atoms with Crippen molar-refractivity contribution >= 4 is 13.7 Å². The molecule has 10 heteroatoms. The predicted octanol–water partition coefficient (Wildman–Crippen LogP) is 13.9. The van der Waals surface area contributed by atoms with Gasteiger partial charge in [-0.1, -0.05) is 224 Å².